The van der Waals surface area contributed by atoms with Crippen LogP contribution in [0.3, 0.4) is 0 Å². The summed E-state index contributed by atoms with van der Waals surface area (Å²) in [4.78, 5) is 11.8. The first-order valence-corrected chi connectivity index (χ1v) is 5.73. The third kappa shape index (κ3) is 1.72. The van der Waals surface area contributed by atoms with Crippen LogP contribution in [0.1, 0.15) is 33.8 Å². The maximum Gasteiger partial charge on any atom is 0.164 e. The molecule has 18 heavy (non-hydrogen) atoms. The van der Waals surface area contributed by atoms with Crippen molar-refractivity contribution in [2.75, 3.05) is 0 Å². The van der Waals surface area contributed by atoms with E-state index in [0.29, 0.717) is 12.0 Å². The Hall–Kier alpha value is -2.03. The summed E-state index contributed by atoms with van der Waals surface area (Å²) in [6.07, 6.45) is 0.324. The van der Waals surface area contributed by atoms with Gasteiger partial charge in [0.25, 0.3) is 0 Å². The predicted octanol–water partition coefficient (Wildman–Crippen LogP) is 3.68. The summed E-state index contributed by atoms with van der Waals surface area (Å²) in [7, 11) is 0. The van der Waals surface area contributed by atoms with E-state index in [-0.39, 0.29) is 17.5 Å². The number of carbonyl (C=O) groups is 1. The second kappa shape index (κ2) is 4.02. The lowest BCUT2D eigenvalue weighted by Crippen LogP contribution is -1.96. The van der Waals surface area contributed by atoms with Crippen molar-refractivity contribution in [3.05, 3.63) is 70.8 Å². The van der Waals surface area contributed by atoms with Crippen molar-refractivity contribution in [2.24, 2.45) is 0 Å². The molecule has 0 radical (unpaired) electrons. The largest absolute Gasteiger partial charge is 0.294 e. The molecular weight excluding hydrogens is 234 g/mol. The van der Waals surface area contributed by atoms with Crippen LogP contribution in [0.15, 0.2) is 42.5 Å². The van der Waals surface area contributed by atoms with Crippen LogP contribution in [0.25, 0.3) is 0 Å². The first-order chi connectivity index (χ1) is 8.65. The Morgan fingerprint density at radius 1 is 0.944 bits per heavy atom. The number of ketones is 1. The zero-order valence-corrected chi connectivity index (χ0v) is 9.49. The highest BCUT2D eigenvalue weighted by molar-refractivity contribution is 6.01. The van der Waals surface area contributed by atoms with Gasteiger partial charge in [0.1, 0.15) is 11.6 Å². The van der Waals surface area contributed by atoms with Crippen LogP contribution < -0.4 is 0 Å². The minimum atomic E-state index is -0.401. The normalized spacial score (nSPS) is 17.9. The number of fused-ring (bicyclic) bond motifs is 1. The molecule has 0 heterocycles. The topological polar surface area (TPSA) is 17.1 Å². The second-order valence-electron chi connectivity index (χ2n) is 4.46. The maximum atomic E-state index is 13.1. The van der Waals surface area contributed by atoms with Crippen LogP contribution in [-0.4, -0.2) is 5.78 Å². The van der Waals surface area contributed by atoms with Gasteiger partial charge in [-0.25, -0.2) is 8.78 Å². The molecule has 0 spiro atoms. The van der Waals surface area contributed by atoms with E-state index in [1.807, 2.05) is 0 Å². The Morgan fingerprint density at radius 2 is 1.61 bits per heavy atom. The van der Waals surface area contributed by atoms with Gasteiger partial charge in [0, 0.05) is 17.9 Å². The molecule has 90 valence electrons. The van der Waals surface area contributed by atoms with Gasteiger partial charge >= 0.3 is 0 Å². The Labute approximate surface area is 103 Å². The summed E-state index contributed by atoms with van der Waals surface area (Å²) in [5, 5.41) is 0. The van der Waals surface area contributed by atoms with Crippen LogP contribution in [0.2, 0.25) is 0 Å². The molecule has 0 saturated heterocycles. The van der Waals surface area contributed by atoms with Gasteiger partial charge in [-0.3, -0.25) is 4.79 Å². The summed E-state index contributed by atoms with van der Waals surface area (Å²) in [6, 6.07) is 10.4. The Kier molecular flexibility index (Phi) is 2.47. The van der Waals surface area contributed by atoms with Crippen molar-refractivity contribution in [2.45, 2.75) is 12.3 Å². The minimum Gasteiger partial charge on any atom is -0.294 e. The van der Waals surface area contributed by atoms with Gasteiger partial charge < -0.3 is 0 Å². The van der Waals surface area contributed by atoms with Gasteiger partial charge in [0.05, 0.1) is 0 Å². The third-order valence-electron chi connectivity index (χ3n) is 3.35. The first-order valence-electron chi connectivity index (χ1n) is 5.73. The quantitative estimate of drug-likeness (QED) is 0.747. The molecule has 1 nitrogen and oxygen atoms in total. The molecule has 3 heteroatoms. The zero-order chi connectivity index (χ0) is 12.7. The Bertz CT molecular complexity index is 617. The fraction of sp³-hybridized carbons (Fsp3) is 0.133. The van der Waals surface area contributed by atoms with Crippen molar-refractivity contribution in [1.29, 1.82) is 0 Å². The lowest BCUT2D eigenvalue weighted by molar-refractivity contribution is 0.0991. The van der Waals surface area contributed by atoms with Gasteiger partial charge in [-0.1, -0.05) is 18.2 Å². The molecule has 0 aromatic heterocycles. The average Bonchev–Trinajstić information content (AvgIpc) is 2.68. The Morgan fingerprint density at radius 3 is 2.33 bits per heavy atom. The van der Waals surface area contributed by atoms with E-state index in [1.165, 1.54) is 24.3 Å². The van der Waals surface area contributed by atoms with E-state index in [4.69, 9.17) is 0 Å². The van der Waals surface area contributed by atoms with Crippen LogP contribution in [0.4, 0.5) is 8.78 Å². The SMILES string of the molecule is O=C1C[C@@H](c2ccc(F)cc2)c2ccc(F)cc21. The van der Waals surface area contributed by atoms with E-state index in [1.54, 1.807) is 18.2 Å². The number of benzene rings is 2. The number of hydrogen-bond donors (Lipinski definition) is 0. The molecule has 0 unspecified atom stereocenters. The summed E-state index contributed by atoms with van der Waals surface area (Å²) in [5.74, 6) is -0.850. The van der Waals surface area contributed by atoms with Crippen LogP contribution in [0, 0.1) is 11.6 Å². The molecule has 0 bridgehead atoms. The fourth-order valence-corrected chi connectivity index (χ4v) is 2.47. The Balaban J connectivity index is 2.07. The summed E-state index contributed by atoms with van der Waals surface area (Å²) >= 11 is 0. The van der Waals surface area contributed by atoms with Crippen LogP contribution in [-0.2, 0) is 0 Å². The molecular formula is C15H10F2O. The van der Waals surface area contributed by atoms with E-state index < -0.39 is 5.82 Å². The maximum absolute atomic E-state index is 13.1. The third-order valence-corrected chi connectivity index (χ3v) is 3.35. The van der Waals surface area contributed by atoms with Crippen molar-refractivity contribution >= 4 is 5.78 Å². The molecule has 2 aromatic rings. The standard InChI is InChI=1S/C15H10F2O/c16-10-3-1-9(2-4-10)13-8-15(18)14-7-11(17)5-6-12(13)14/h1-7,13H,8H2/t13-/m0/s1. The van der Waals surface area contributed by atoms with Crippen molar-refractivity contribution in [1.82, 2.24) is 0 Å². The smallest absolute Gasteiger partial charge is 0.164 e. The highest BCUT2D eigenvalue weighted by atomic mass is 19.1. The highest BCUT2D eigenvalue weighted by Gasteiger charge is 2.30. The van der Waals surface area contributed by atoms with E-state index in [2.05, 4.69) is 0 Å². The van der Waals surface area contributed by atoms with Gasteiger partial charge in [0.15, 0.2) is 5.78 Å². The molecule has 3 rings (SSSR count). The van der Waals surface area contributed by atoms with Gasteiger partial charge in [-0.2, -0.15) is 0 Å². The number of carbonyl (C=O) groups excluding carboxylic acids is 1. The van der Waals surface area contributed by atoms with Gasteiger partial charge in [-0.05, 0) is 35.4 Å². The molecule has 0 N–H and O–H groups in total. The monoisotopic (exact) mass is 244 g/mol. The van der Waals surface area contributed by atoms with Crippen molar-refractivity contribution in [3.63, 3.8) is 0 Å². The van der Waals surface area contributed by atoms with Crippen LogP contribution in [0.5, 0.6) is 0 Å². The highest BCUT2D eigenvalue weighted by Crippen LogP contribution is 2.38. The number of hydrogen-bond acceptors (Lipinski definition) is 1. The number of Topliss-reactive ketones (excluding diaryl/α,β-unsaturated/α-hetero) is 1. The predicted molar refractivity (Wildman–Crippen MR) is 63.6 cm³/mol. The molecule has 2 aromatic carbocycles. The minimum absolute atomic E-state index is 0.0566. The lowest BCUT2D eigenvalue weighted by Gasteiger charge is -2.10. The first kappa shape index (κ1) is 11.1. The molecule has 0 amide bonds. The molecule has 0 saturated carbocycles. The molecule has 1 aliphatic rings. The zero-order valence-electron chi connectivity index (χ0n) is 9.49. The summed E-state index contributed by atoms with van der Waals surface area (Å²) in [6.45, 7) is 0. The molecule has 1 aliphatic carbocycles. The number of halogens is 2. The lowest BCUT2D eigenvalue weighted by atomic mass is 9.93. The van der Waals surface area contributed by atoms with E-state index in [9.17, 15) is 13.6 Å². The number of rotatable bonds is 1. The summed E-state index contributed by atoms with van der Waals surface area (Å²) in [5.41, 5.74) is 2.16. The van der Waals surface area contributed by atoms with Crippen LogP contribution >= 0.6 is 0 Å². The molecule has 0 fully saturated rings. The van der Waals surface area contributed by atoms with E-state index >= 15 is 0 Å². The van der Waals surface area contributed by atoms with Gasteiger partial charge in [-0.15, -0.1) is 0 Å². The molecule has 1 atom stereocenters. The van der Waals surface area contributed by atoms with Gasteiger partial charge in [0.2, 0.25) is 0 Å². The average molecular weight is 244 g/mol. The summed E-state index contributed by atoms with van der Waals surface area (Å²) < 4.78 is 26.0. The fourth-order valence-electron chi connectivity index (χ4n) is 2.47. The van der Waals surface area contributed by atoms with Crippen molar-refractivity contribution < 1.29 is 13.6 Å². The van der Waals surface area contributed by atoms with E-state index in [0.717, 1.165) is 11.1 Å². The molecule has 0 aliphatic heterocycles. The van der Waals surface area contributed by atoms with Crippen molar-refractivity contribution in [3.8, 4) is 0 Å². The second-order valence-corrected chi connectivity index (χ2v) is 4.46.